The van der Waals surface area contributed by atoms with Crippen molar-refractivity contribution >= 4 is 11.6 Å². The van der Waals surface area contributed by atoms with E-state index >= 15 is 0 Å². The van der Waals surface area contributed by atoms with Crippen LogP contribution in [0.25, 0.3) is 0 Å². The molecular weight excluding hydrogens is 226 g/mol. The molecule has 1 aromatic carbocycles. The molecular formula is C14H21N3O. The molecule has 3 N–H and O–H groups in total. The van der Waals surface area contributed by atoms with Gasteiger partial charge in [-0.3, -0.25) is 4.79 Å². The van der Waals surface area contributed by atoms with Gasteiger partial charge in [-0.05, 0) is 31.0 Å². The van der Waals surface area contributed by atoms with Crippen LogP contribution in [0.2, 0.25) is 0 Å². The lowest BCUT2D eigenvalue weighted by Gasteiger charge is -2.24. The maximum absolute atomic E-state index is 11.9. The molecule has 18 heavy (non-hydrogen) atoms. The Bertz CT molecular complexity index is 446. The maximum atomic E-state index is 11.9. The van der Waals surface area contributed by atoms with E-state index in [1.54, 1.807) is 7.05 Å². The van der Waals surface area contributed by atoms with Crippen LogP contribution in [0.3, 0.4) is 0 Å². The van der Waals surface area contributed by atoms with E-state index in [1.807, 2.05) is 19.1 Å². The van der Waals surface area contributed by atoms with Crippen LogP contribution in [0.5, 0.6) is 0 Å². The summed E-state index contributed by atoms with van der Waals surface area (Å²) in [5.74, 6) is 0.125. The molecule has 0 aliphatic carbocycles. The average Bonchev–Trinajstić information content (AvgIpc) is 2.82. The summed E-state index contributed by atoms with van der Waals surface area (Å²) in [5.41, 5.74) is 7.66. The fourth-order valence-electron chi connectivity index (χ4n) is 2.55. The van der Waals surface area contributed by atoms with Crippen molar-refractivity contribution in [3.63, 3.8) is 0 Å². The highest BCUT2D eigenvalue weighted by atomic mass is 16.2. The minimum absolute atomic E-state index is 0.125. The molecule has 2 rings (SSSR count). The number of carbonyl (C=O) groups is 1. The van der Waals surface area contributed by atoms with Crippen molar-refractivity contribution < 1.29 is 4.79 Å². The Morgan fingerprint density at radius 3 is 3.00 bits per heavy atom. The molecule has 0 radical (unpaired) electrons. The number of nitrogens with one attached hydrogen (secondary N) is 1. The first kappa shape index (κ1) is 12.9. The zero-order valence-electron chi connectivity index (χ0n) is 11.1. The van der Waals surface area contributed by atoms with E-state index in [0.717, 1.165) is 30.8 Å². The highest BCUT2D eigenvalue weighted by Crippen LogP contribution is 2.33. The number of benzene rings is 1. The van der Waals surface area contributed by atoms with Gasteiger partial charge in [0.25, 0.3) is 0 Å². The predicted molar refractivity (Wildman–Crippen MR) is 73.3 cm³/mol. The number of hydrogen-bond acceptors (Lipinski definition) is 3. The van der Waals surface area contributed by atoms with Crippen LogP contribution in [-0.4, -0.2) is 26.0 Å². The van der Waals surface area contributed by atoms with Crippen molar-refractivity contribution in [1.82, 2.24) is 5.32 Å². The molecule has 1 unspecified atom stereocenters. The summed E-state index contributed by atoms with van der Waals surface area (Å²) >= 11 is 0. The van der Waals surface area contributed by atoms with Crippen molar-refractivity contribution in [3.05, 3.63) is 29.8 Å². The lowest BCUT2D eigenvalue weighted by Crippen LogP contribution is -2.39. The van der Waals surface area contributed by atoms with Crippen LogP contribution in [-0.2, 0) is 11.3 Å². The quantitative estimate of drug-likeness (QED) is 0.841. The highest BCUT2D eigenvalue weighted by molar-refractivity contribution is 5.83. The molecule has 0 aromatic heterocycles. The fourth-order valence-corrected chi connectivity index (χ4v) is 2.55. The molecule has 0 bridgehead atoms. The molecule has 1 fully saturated rings. The van der Waals surface area contributed by atoms with E-state index in [-0.39, 0.29) is 11.3 Å². The number of carbonyl (C=O) groups excluding carboxylic acids is 1. The van der Waals surface area contributed by atoms with Crippen LogP contribution in [0.4, 0.5) is 5.69 Å². The van der Waals surface area contributed by atoms with Gasteiger partial charge in [0.15, 0.2) is 0 Å². The predicted octanol–water partition coefficient (Wildman–Crippen LogP) is 1.11. The Kier molecular flexibility index (Phi) is 3.57. The third-order valence-electron chi connectivity index (χ3n) is 3.76. The summed E-state index contributed by atoms with van der Waals surface area (Å²) in [6, 6.07) is 8.23. The van der Waals surface area contributed by atoms with Gasteiger partial charge in [0.1, 0.15) is 0 Å². The van der Waals surface area contributed by atoms with Crippen LogP contribution < -0.4 is 16.0 Å². The second-order valence-corrected chi connectivity index (χ2v) is 5.19. The molecule has 1 aromatic rings. The fraction of sp³-hybridized carbons (Fsp3) is 0.500. The van der Waals surface area contributed by atoms with Gasteiger partial charge in [0, 0.05) is 32.4 Å². The van der Waals surface area contributed by atoms with Gasteiger partial charge < -0.3 is 16.0 Å². The van der Waals surface area contributed by atoms with E-state index in [9.17, 15) is 4.79 Å². The summed E-state index contributed by atoms with van der Waals surface area (Å²) in [6.07, 6.45) is 0.888. The summed E-state index contributed by atoms with van der Waals surface area (Å²) < 4.78 is 0. The van der Waals surface area contributed by atoms with Gasteiger partial charge in [-0.1, -0.05) is 12.1 Å². The first-order valence-corrected chi connectivity index (χ1v) is 6.35. The molecule has 0 saturated carbocycles. The third kappa shape index (κ3) is 2.34. The smallest absolute Gasteiger partial charge is 0.227 e. The van der Waals surface area contributed by atoms with Crippen molar-refractivity contribution in [3.8, 4) is 0 Å². The first-order valence-electron chi connectivity index (χ1n) is 6.35. The van der Waals surface area contributed by atoms with Crippen molar-refractivity contribution in [2.24, 2.45) is 11.1 Å². The normalized spacial score (nSPS) is 23.2. The molecule has 4 heteroatoms. The van der Waals surface area contributed by atoms with Crippen LogP contribution >= 0.6 is 0 Å². The van der Waals surface area contributed by atoms with E-state index < -0.39 is 0 Å². The van der Waals surface area contributed by atoms with Crippen LogP contribution in [0.15, 0.2) is 24.3 Å². The van der Waals surface area contributed by atoms with Crippen molar-refractivity contribution in [1.29, 1.82) is 0 Å². The molecule has 4 nitrogen and oxygen atoms in total. The Balaban J connectivity index is 2.15. The third-order valence-corrected chi connectivity index (χ3v) is 3.76. The first-order chi connectivity index (χ1) is 8.59. The zero-order valence-corrected chi connectivity index (χ0v) is 11.1. The average molecular weight is 247 g/mol. The molecule has 1 amide bonds. The Labute approximate surface area is 108 Å². The van der Waals surface area contributed by atoms with Gasteiger partial charge in [0.05, 0.1) is 5.41 Å². The topological polar surface area (TPSA) is 58.4 Å². The Morgan fingerprint density at radius 1 is 1.56 bits per heavy atom. The maximum Gasteiger partial charge on any atom is 0.227 e. The lowest BCUT2D eigenvalue weighted by molar-refractivity contribution is -0.128. The molecule has 1 aliphatic rings. The van der Waals surface area contributed by atoms with Gasteiger partial charge in [-0.25, -0.2) is 0 Å². The summed E-state index contributed by atoms with van der Waals surface area (Å²) in [4.78, 5) is 14.1. The van der Waals surface area contributed by atoms with E-state index in [4.69, 9.17) is 5.73 Å². The molecule has 0 spiro atoms. The van der Waals surface area contributed by atoms with Gasteiger partial charge in [-0.15, -0.1) is 0 Å². The number of amides is 1. The van der Waals surface area contributed by atoms with E-state index in [2.05, 4.69) is 22.3 Å². The van der Waals surface area contributed by atoms with Crippen LogP contribution in [0, 0.1) is 5.41 Å². The highest BCUT2D eigenvalue weighted by Gasteiger charge is 2.39. The molecule has 1 saturated heterocycles. The molecule has 98 valence electrons. The number of nitrogens with two attached hydrogens (primary N) is 1. The van der Waals surface area contributed by atoms with Gasteiger partial charge in [0.2, 0.25) is 5.91 Å². The molecule has 1 heterocycles. The summed E-state index contributed by atoms with van der Waals surface area (Å²) in [7, 11) is 1.70. The molecule has 1 atom stereocenters. The minimum Gasteiger partial charge on any atom is -0.370 e. The van der Waals surface area contributed by atoms with E-state index in [1.165, 1.54) is 0 Å². The van der Waals surface area contributed by atoms with Crippen LogP contribution in [0.1, 0.15) is 18.9 Å². The van der Waals surface area contributed by atoms with E-state index in [0.29, 0.717) is 6.54 Å². The summed E-state index contributed by atoms with van der Waals surface area (Å²) in [5, 5.41) is 2.76. The Morgan fingerprint density at radius 2 is 2.33 bits per heavy atom. The number of anilines is 1. The van der Waals surface area contributed by atoms with Gasteiger partial charge in [-0.2, -0.15) is 0 Å². The lowest BCUT2D eigenvalue weighted by atomic mass is 9.89. The second kappa shape index (κ2) is 4.98. The number of rotatable bonds is 3. The summed E-state index contributed by atoms with van der Waals surface area (Å²) in [6.45, 7) is 4.26. The second-order valence-electron chi connectivity index (χ2n) is 5.19. The minimum atomic E-state index is -0.284. The Hall–Kier alpha value is -1.55. The number of hydrogen-bond donors (Lipinski definition) is 2. The largest absolute Gasteiger partial charge is 0.370 e. The zero-order chi connectivity index (χ0) is 13.2. The van der Waals surface area contributed by atoms with Gasteiger partial charge >= 0.3 is 0 Å². The SMILES string of the molecule is CNC(=O)C1(C)CCN(c2cccc(CN)c2)C1. The number of nitrogens with zero attached hydrogens (tertiary/aromatic N) is 1. The standard InChI is InChI=1S/C14H21N3O/c1-14(13(18)16-2)6-7-17(10-14)12-5-3-4-11(8-12)9-15/h3-5,8H,6-7,9-10,15H2,1-2H3,(H,16,18). The molecule has 1 aliphatic heterocycles. The van der Waals surface area contributed by atoms with Crippen molar-refractivity contribution in [2.75, 3.05) is 25.0 Å². The monoisotopic (exact) mass is 247 g/mol. The van der Waals surface area contributed by atoms with Crippen molar-refractivity contribution in [2.45, 2.75) is 19.9 Å².